The SMILES string of the molecule is Cc1nn2c(=O)n(Cc3ccccc3)c(C)cc2c1Br.Cc1nn2c(=O)n(Cc3ccccc3)c(C=O)cc2c1Br. The number of rotatable bonds is 5. The third kappa shape index (κ3) is 5.59. The van der Waals surface area contributed by atoms with Crippen molar-refractivity contribution in [3.63, 3.8) is 0 Å². The number of carbonyl (C=O) groups is 1. The van der Waals surface area contributed by atoms with Crippen LogP contribution in [0.1, 0.15) is 38.7 Å². The Morgan fingerprint density at radius 3 is 1.61 bits per heavy atom. The Morgan fingerprint density at radius 2 is 1.12 bits per heavy atom. The number of fused-ring (bicyclic) bond motifs is 2. The van der Waals surface area contributed by atoms with E-state index in [1.165, 1.54) is 13.6 Å². The summed E-state index contributed by atoms with van der Waals surface area (Å²) in [6, 6.07) is 23.1. The van der Waals surface area contributed by atoms with Gasteiger partial charge in [0, 0.05) is 5.69 Å². The molecule has 0 aliphatic heterocycles. The van der Waals surface area contributed by atoms with Crippen LogP contribution in [0.2, 0.25) is 0 Å². The zero-order valence-corrected chi connectivity index (χ0v) is 25.8. The van der Waals surface area contributed by atoms with Gasteiger partial charge >= 0.3 is 11.4 Å². The van der Waals surface area contributed by atoms with Crippen LogP contribution in [-0.2, 0) is 13.1 Å². The molecule has 0 saturated heterocycles. The van der Waals surface area contributed by atoms with Crippen LogP contribution < -0.4 is 11.4 Å². The van der Waals surface area contributed by atoms with E-state index in [1.54, 1.807) is 17.6 Å². The van der Waals surface area contributed by atoms with Crippen molar-refractivity contribution < 1.29 is 4.79 Å². The van der Waals surface area contributed by atoms with Crippen LogP contribution in [0.25, 0.3) is 11.0 Å². The van der Waals surface area contributed by atoms with Crippen LogP contribution in [0.3, 0.4) is 0 Å². The minimum Gasteiger partial charge on any atom is -0.296 e. The quantitative estimate of drug-likeness (QED) is 0.229. The van der Waals surface area contributed by atoms with Gasteiger partial charge < -0.3 is 0 Å². The lowest BCUT2D eigenvalue weighted by molar-refractivity contribution is 0.111. The number of aromatic nitrogens is 6. The van der Waals surface area contributed by atoms with Crippen molar-refractivity contribution in [3.05, 3.63) is 137 Å². The van der Waals surface area contributed by atoms with Crippen molar-refractivity contribution in [2.24, 2.45) is 0 Å². The smallest absolute Gasteiger partial charge is 0.296 e. The summed E-state index contributed by atoms with van der Waals surface area (Å²) in [7, 11) is 0. The third-order valence-corrected chi connectivity index (χ3v) is 8.68. The number of hydrogen-bond donors (Lipinski definition) is 0. The summed E-state index contributed by atoms with van der Waals surface area (Å²) in [6.45, 7) is 6.52. The molecule has 0 atom stereocenters. The van der Waals surface area contributed by atoms with Crippen LogP contribution in [0.5, 0.6) is 0 Å². The number of halogens is 2. The fourth-order valence-corrected chi connectivity index (χ4v) is 5.28. The van der Waals surface area contributed by atoms with Gasteiger partial charge in [0.15, 0.2) is 6.29 Å². The van der Waals surface area contributed by atoms with E-state index < -0.39 is 0 Å². The standard InChI is InChI=1S/C15H12BrN3O2.C15H14BrN3O/c1-10-14(16)13-7-12(9-20)18(15(21)19(13)17-10)8-11-5-3-2-4-6-11;1-10-8-13-14(16)11(2)17-19(13)15(20)18(10)9-12-6-4-3-5-7-12/h2-7,9H,8H2,1H3;3-8H,9H2,1-2H3. The minimum atomic E-state index is -0.327. The van der Waals surface area contributed by atoms with Gasteiger partial charge in [-0.05, 0) is 75.9 Å². The molecule has 4 heterocycles. The van der Waals surface area contributed by atoms with Crippen molar-refractivity contribution >= 4 is 49.2 Å². The average molecular weight is 678 g/mol. The van der Waals surface area contributed by atoms with Crippen molar-refractivity contribution in [1.82, 2.24) is 28.4 Å². The Bertz CT molecular complexity index is 2010. The fourth-order valence-electron chi connectivity index (χ4n) is 4.56. The topological polar surface area (TPSA) is 95.7 Å². The largest absolute Gasteiger partial charge is 0.350 e. The van der Waals surface area contributed by atoms with Gasteiger partial charge in [0.05, 0.1) is 50.2 Å². The number of aldehydes is 1. The molecule has 11 heteroatoms. The maximum Gasteiger partial charge on any atom is 0.350 e. The van der Waals surface area contributed by atoms with Gasteiger partial charge in [-0.3, -0.25) is 13.9 Å². The van der Waals surface area contributed by atoms with Gasteiger partial charge in [-0.1, -0.05) is 60.7 Å². The lowest BCUT2D eigenvalue weighted by Crippen LogP contribution is -2.30. The minimum absolute atomic E-state index is 0.113. The van der Waals surface area contributed by atoms with Gasteiger partial charge in [0.25, 0.3) is 0 Å². The van der Waals surface area contributed by atoms with E-state index in [9.17, 15) is 14.4 Å². The number of hydrogen-bond acceptors (Lipinski definition) is 5. The lowest BCUT2D eigenvalue weighted by Gasteiger charge is -2.10. The molecule has 0 saturated carbocycles. The molecule has 6 aromatic rings. The van der Waals surface area contributed by atoms with Crippen molar-refractivity contribution in [2.45, 2.75) is 33.9 Å². The van der Waals surface area contributed by atoms with Crippen molar-refractivity contribution in [1.29, 1.82) is 0 Å². The molecule has 0 N–H and O–H groups in total. The van der Waals surface area contributed by atoms with Crippen LogP contribution in [0.4, 0.5) is 0 Å². The molecule has 0 aliphatic rings. The maximum atomic E-state index is 12.6. The summed E-state index contributed by atoms with van der Waals surface area (Å²) in [5.74, 6) is 0. The molecular formula is C30H26Br2N6O3. The molecule has 9 nitrogen and oxygen atoms in total. The van der Waals surface area contributed by atoms with Crippen molar-refractivity contribution in [2.75, 3.05) is 0 Å². The molecular weight excluding hydrogens is 652 g/mol. The van der Waals surface area contributed by atoms with Gasteiger partial charge in [-0.25, -0.2) is 9.59 Å². The first-order chi connectivity index (χ1) is 19.7. The summed E-state index contributed by atoms with van der Waals surface area (Å²) in [5.41, 5.74) is 5.80. The van der Waals surface area contributed by atoms with E-state index in [4.69, 9.17) is 0 Å². The molecule has 208 valence electrons. The summed E-state index contributed by atoms with van der Waals surface area (Å²) in [4.78, 5) is 36.5. The molecule has 0 fully saturated rings. The summed E-state index contributed by atoms with van der Waals surface area (Å²) >= 11 is 6.87. The van der Waals surface area contributed by atoms with E-state index in [0.29, 0.717) is 36.3 Å². The fraction of sp³-hybridized carbons (Fsp3) is 0.167. The van der Waals surface area contributed by atoms with E-state index in [0.717, 1.165) is 37.0 Å². The Morgan fingerprint density at radius 1 is 0.683 bits per heavy atom. The number of benzene rings is 2. The number of aryl methyl sites for hydroxylation is 3. The van der Waals surface area contributed by atoms with Gasteiger partial charge in [0.2, 0.25) is 0 Å². The highest BCUT2D eigenvalue weighted by molar-refractivity contribution is 9.11. The van der Waals surface area contributed by atoms with Crippen LogP contribution in [0, 0.1) is 20.8 Å². The first kappa shape index (κ1) is 28.4. The highest BCUT2D eigenvalue weighted by Gasteiger charge is 2.15. The first-order valence-electron chi connectivity index (χ1n) is 12.8. The van der Waals surface area contributed by atoms with Crippen LogP contribution in [-0.4, -0.2) is 34.6 Å². The van der Waals surface area contributed by atoms with Crippen LogP contribution >= 0.6 is 31.9 Å². The molecule has 2 aromatic carbocycles. The Kier molecular flexibility index (Phi) is 8.18. The molecule has 41 heavy (non-hydrogen) atoms. The molecule has 0 aliphatic carbocycles. The predicted molar refractivity (Wildman–Crippen MR) is 165 cm³/mol. The average Bonchev–Trinajstić information content (AvgIpc) is 3.43. The summed E-state index contributed by atoms with van der Waals surface area (Å²) in [6.07, 6.45) is 0.694. The maximum absolute atomic E-state index is 12.6. The van der Waals surface area contributed by atoms with Crippen LogP contribution in [0.15, 0.2) is 91.3 Å². The molecule has 4 aromatic heterocycles. The predicted octanol–water partition coefficient (Wildman–Crippen LogP) is 5.35. The first-order valence-corrected chi connectivity index (χ1v) is 14.3. The molecule has 0 unspecified atom stereocenters. The van der Waals surface area contributed by atoms with E-state index in [1.807, 2.05) is 80.6 Å². The zero-order valence-electron chi connectivity index (χ0n) is 22.6. The second-order valence-electron chi connectivity index (χ2n) is 9.57. The molecule has 0 spiro atoms. The van der Waals surface area contributed by atoms with E-state index in [2.05, 4.69) is 42.1 Å². The van der Waals surface area contributed by atoms with Gasteiger partial charge in [-0.2, -0.15) is 19.2 Å². The molecule has 0 amide bonds. The zero-order chi connectivity index (χ0) is 29.3. The van der Waals surface area contributed by atoms with Gasteiger partial charge in [-0.15, -0.1) is 0 Å². The normalized spacial score (nSPS) is 11.0. The van der Waals surface area contributed by atoms with Gasteiger partial charge in [0.1, 0.15) is 0 Å². The Balaban J connectivity index is 0.000000165. The van der Waals surface area contributed by atoms with Crippen molar-refractivity contribution in [3.8, 4) is 0 Å². The molecule has 6 rings (SSSR count). The Hall–Kier alpha value is -4.09. The Labute approximate surface area is 251 Å². The highest BCUT2D eigenvalue weighted by atomic mass is 79.9. The third-order valence-electron chi connectivity index (χ3n) is 6.72. The summed E-state index contributed by atoms with van der Waals surface area (Å²) < 4.78 is 7.54. The second-order valence-corrected chi connectivity index (χ2v) is 11.2. The van der Waals surface area contributed by atoms with E-state index in [-0.39, 0.29) is 11.4 Å². The molecule has 0 radical (unpaired) electrons. The number of carbonyl (C=O) groups excluding carboxylic acids is 1. The monoisotopic (exact) mass is 676 g/mol. The summed E-state index contributed by atoms with van der Waals surface area (Å²) in [5, 5.41) is 8.50. The molecule has 0 bridgehead atoms. The van der Waals surface area contributed by atoms with E-state index >= 15 is 0 Å². The highest BCUT2D eigenvalue weighted by Crippen LogP contribution is 2.22. The number of nitrogens with zero attached hydrogens (tertiary/aromatic N) is 6. The lowest BCUT2D eigenvalue weighted by atomic mass is 10.2. The second kappa shape index (κ2) is 11.8.